The number of hydrogen-bond donors (Lipinski definition) is 0. The second-order valence-corrected chi connectivity index (χ2v) is 9.35. The highest BCUT2D eigenvalue weighted by Crippen LogP contribution is 2.28. The Hall–Kier alpha value is -1.93. The molecule has 0 aromatic heterocycles. The number of piperazine rings is 1. The lowest BCUT2D eigenvalue weighted by atomic mass is 10.2. The Bertz CT molecular complexity index is 988. The first kappa shape index (κ1) is 19.4. The van der Waals surface area contributed by atoms with Gasteiger partial charge in [0, 0.05) is 38.4 Å². The van der Waals surface area contributed by atoms with Crippen molar-refractivity contribution in [3.63, 3.8) is 0 Å². The molecule has 2 aromatic rings. The van der Waals surface area contributed by atoms with Crippen LogP contribution >= 0.6 is 11.6 Å². The lowest BCUT2D eigenvalue weighted by Gasteiger charge is -2.34. The topological polar surface area (TPSA) is 60.9 Å². The monoisotopic (exact) mass is 419 g/mol. The molecular formula is C20H22ClN3O3S. The average molecular weight is 420 g/mol. The standard InChI is InChI=1S/C20H22ClN3O3S/c21-17-6-2-4-8-19(17)28(26,27)23-13-11-22(12-14-23)15-20(25)24-10-9-16-5-1-3-7-18(16)24/h1-8H,9-15H2. The highest BCUT2D eigenvalue weighted by Gasteiger charge is 2.32. The van der Waals surface area contributed by atoms with E-state index in [0.29, 0.717) is 39.3 Å². The van der Waals surface area contributed by atoms with Crippen molar-refractivity contribution in [3.05, 3.63) is 59.1 Å². The Labute approximate surface area is 170 Å². The number of sulfonamides is 1. The lowest BCUT2D eigenvalue weighted by Crippen LogP contribution is -2.51. The van der Waals surface area contributed by atoms with Gasteiger partial charge in [0.1, 0.15) is 4.90 Å². The van der Waals surface area contributed by atoms with Gasteiger partial charge in [-0.15, -0.1) is 0 Å². The summed E-state index contributed by atoms with van der Waals surface area (Å²) in [6.07, 6.45) is 0.881. The summed E-state index contributed by atoms with van der Waals surface area (Å²) in [5.41, 5.74) is 2.19. The van der Waals surface area contributed by atoms with E-state index in [9.17, 15) is 13.2 Å². The number of benzene rings is 2. The van der Waals surface area contributed by atoms with Gasteiger partial charge in [-0.05, 0) is 30.2 Å². The molecule has 2 aliphatic heterocycles. The molecule has 8 heteroatoms. The van der Waals surface area contributed by atoms with Gasteiger partial charge in [0.15, 0.2) is 0 Å². The zero-order valence-corrected chi connectivity index (χ0v) is 17.0. The van der Waals surface area contributed by atoms with Crippen LogP contribution in [-0.2, 0) is 21.2 Å². The number of nitrogens with zero attached hydrogens (tertiary/aromatic N) is 3. The third-order valence-electron chi connectivity index (χ3n) is 5.33. The van der Waals surface area contributed by atoms with Gasteiger partial charge in [-0.2, -0.15) is 4.31 Å². The van der Waals surface area contributed by atoms with Crippen molar-refractivity contribution in [2.45, 2.75) is 11.3 Å². The van der Waals surface area contributed by atoms with Gasteiger partial charge >= 0.3 is 0 Å². The van der Waals surface area contributed by atoms with Gasteiger partial charge in [0.05, 0.1) is 11.6 Å². The largest absolute Gasteiger partial charge is 0.311 e. The number of fused-ring (bicyclic) bond motifs is 1. The zero-order valence-electron chi connectivity index (χ0n) is 15.4. The zero-order chi connectivity index (χ0) is 19.7. The van der Waals surface area contributed by atoms with E-state index < -0.39 is 10.0 Å². The van der Waals surface area contributed by atoms with Crippen LogP contribution in [0, 0.1) is 0 Å². The number of amides is 1. The first-order chi connectivity index (χ1) is 13.5. The predicted molar refractivity (Wildman–Crippen MR) is 109 cm³/mol. The van der Waals surface area contributed by atoms with E-state index in [1.807, 2.05) is 28.0 Å². The molecule has 0 bridgehead atoms. The molecule has 1 saturated heterocycles. The summed E-state index contributed by atoms with van der Waals surface area (Å²) in [7, 11) is -3.62. The summed E-state index contributed by atoms with van der Waals surface area (Å²) >= 11 is 6.07. The quantitative estimate of drug-likeness (QED) is 0.762. The molecule has 2 aromatic carbocycles. The predicted octanol–water partition coefficient (Wildman–Crippen LogP) is 2.24. The molecule has 6 nitrogen and oxygen atoms in total. The molecule has 0 aliphatic carbocycles. The summed E-state index contributed by atoms with van der Waals surface area (Å²) in [6.45, 7) is 2.73. The Morgan fingerprint density at radius 2 is 1.61 bits per heavy atom. The Morgan fingerprint density at radius 3 is 2.36 bits per heavy atom. The molecule has 0 unspecified atom stereocenters. The van der Waals surface area contributed by atoms with Crippen molar-refractivity contribution in [2.24, 2.45) is 0 Å². The van der Waals surface area contributed by atoms with Crippen LogP contribution in [0.5, 0.6) is 0 Å². The maximum absolute atomic E-state index is 12.8. The maximum Gasteiger partial charge on any atom is 0.244 e. The summed E-state index contributed by atoms with van der Waals surface area (Å²) in [6, 6.07) is 14.5. The van der Waals surface area contributed by atoms with Gasteiger partial charge in [-0.1, -0.05) is 41.9 Å². The van der Waals surface area contributed by atoms with E-state index in [1.54, 1.807) is 18.2 Å². The van der Waals surface area contributed by atoms with Gasteiger partial charge < -0.3 is 4.90 Å². The average Bonchev–Trinajstić information content (AvgIpc) is 3.13. The van der Waals surface area contributed by atoms with Crippen molar-refractivity contribution >= 4 is 33.2 Å². The molecule has 0 N–H and O–H groups in total. The van der Waals surface area contributed by atoms with Crippen LogP contribution < -0.4 is 4.90 Å². The van der Waals surface area contributed by atoms with Crippen molar-refractivity contribution < 1.29 is 13.2 Å². The van der Waals surface area contributed by atoms with E-state index in [-0.39, 0.29) is 15.8 Å². The van der Waals surface area contributed by atoms with E-state index >= 15 is 0 Å². The number of para-hydroxylation sites is 1. The second-order valence-electron chi connectivity index (χ2n) is 7.03. The van der Waals surface area contributed by atoms with E-state index in [0.717, 1.165) is 12.1 Å². The van der Waals surface area contributed by atoms with Gasteiger partial charge in [-0.3, -0.25) is 9.69 Å². The number of anilines is 1. The molecule has 0 atom stereocenters. The summed E-state index contributed by atoms with van der Waals surface area (Å²) in [5, 5.41) is 0.229. The molecular weight excluding hydrogens is 398 g/mol. The fourth-order valence-electron chi connectivity index (χ4n) is 3.79. The van der Waals surface area contributed by atoms with Crippen molar-refractivity contribution in [2.75, 3.05) is 44.2 Å². The molecule has 0 saturated carbocycles. The van der Waals surface area contributed by atoms with Crippen LogP contribution in [0.1, 0.15) is 5.56 Å². The minimum atomic E-state index is -3.62. The molecule has 148 valence electrons. The molecule has 2 heterocycles. The minimum Gasteiger partial charge on any atom is -0.311 e. The number of halogens is 1. The van der Waals surface area contributed by atoms with Gasteiger partial charge in [0.2, 0.25) is 15.9 Å². The van der Waals surface area contributed by atoms with Gasteiger partial charge in [-0.25, -0.2) is 8.42 Å². The van der Waals surface area contributed by atoms with Crippen molar-refractivity contribution in [3.8, 4) is 0 Å². The number of carbonyl (C=O) groups is 1. The molecule has 0 radical (unpaired) electrons. The number of rotatable bonds is 4. The summed E-state index contributed by atoms with van der Waals surface area (Å²) < 4.78 is 27.1. The SMILES string of the molecule is O=C(CN1CCN(S(=O)(=O)c2ccccc2Cl)CC1)N1CCc2ccccc21. The van der Waals surface area contributed by atoms with Crippen LogP contribution in [0.4, 0.5) is 5.69 Å². The first-order valence-electron chi connectivity index (χ1n) is 9.32. The van der Waals surface area contributed by atoms with E-state index in [2.05, 4.69) is 6.07 Å². The highest BCUT2D eigenvalue weighted by molar-refractivity contribution is 7.89. The summed E-state index contributed by atoms with van der Waals surface area (Å²) in [4.78, 5) is 16.7. The Balaban J connectivity index is 1.37. The third-order valence-corrected chi connectivity index (χ3v) is 7.73. The molecule has 1 fully saturated rings. The number of carbonyl (C=O) groups excluding carboxylic acids is 1. The molecule has 28 heavy (non-hydrogen) atoms. The van der Waals surface area contributed by atoms with Crippen molar-refractivity contribution in [1.29, 1.82) is 0 Å². The molecule has 4 rings (SSSR count). The third kappa shape index (κ3) is 3.67. The van der Waals surface area contributed by atoms with Crippen LogP contribution in [0.2, 0.25) is 5.02 Å². The smallest absolute Gasteiger partial charge is 0.244 e. The van der Waals surface area contributed by atoms with Gasteiger partial charge in [0.25, 0.3) is 0 Å². The number of hydrogen-bond acceptors (Lipinski definition) is 4. The Kier molecular flexibility index (Phi) is 5.42. The van der Waals surface area contributed by atoms with Crippen molar-refractivity contribution in [1.82, 2.24) is 9.21 Å². The molecule has 2 aliphatic rings. The van der Waals surface area contributed by atoms with E-state index in [4.69, 9.17) is 11.6 Å². The fourth-order valence-corrected chi connectivity index (χ4v) is 5.71. The van der Waals surface area contributed by atoms with Crippen LogP contribution in [-0.4, -0.2) is 62.8 Å². The summed E-state index contributed by atoms with van der Waals surface area (Å²) in [5.74, 6) is 0.0624. The molecule has 1 amide bonds. The minimum absolute atomic E-state index is 0.0624. The first-order valence-corrected chi connectivity index (χ1v) is 11.1. The highest BCUT2D eigenvalue weighted by atomic mass is 35.5. The van der Waals surface area contributed by atoms with E-state index in [1.165, 1.54) is 15.9 Å². The fraction of sp³-hybridized carbons (Fsp3) is 0.350. The normalized spacial score (nSPS) is 18.2. The maximum atomic E-state index is 12.8. The van der Waals surface area contributed by atoms with Crippen LogP contribution in [0.3, 0.4) is 0 Å². The van der Waals surface area contributed by atoms with Crippen LogP contribution in [0.25, 0.3) is 0 Å². The second kappa shape index (κ2) is 7.83. The Morgan fingerprint density at radius 1 is 0.929 bits per heavy atom. The molecule has 0 spiro atoms. The van der Waals surface area contributed by atoms with Crippen LogP contribution in [0.15, 0.2) is 53.4 Å². The lowest BCUT2D eigenvalue weighted by molar-refractivity contribution is -0.119.